The Kier molecular flexibility index (Phi) is 5.48. The Labute approximate surface area is 153 Å². The summed E-state index contributed by atoms with van der Waals surface area (Å²) in [7, 11) is 2.11. The molecule has 0 atom stereocenters. The third-order valence-electron chi connectivity index (χ3n) is 4.30. The summed E-state index contributed by atoms with van der Waals surface area (Å²) in [5.74, 6) is -0.383. The number of likely N-dealkylation sites (N-methyl/N-ethyl adjacent to an activating group) is 1. The van der Waals surface area contributed by atoms with E-state index >= 15 is 0 Å². The van der Waals surface area contributed by atoms with Gasteiger partial charge >= 0.3 is 0 Å². The fourth-order valence-electron chi connectivity index (χ4n) is 2.87. The first-order chi connectivity index (χ1) is 12.5. The van der Waals surface area contributed by atoms with Crippen molar-refractivity contribution in [3.8, 4) is 0 Å². The lowest BCUT2D eigenvalue weighted by Crippen LogP contribution is -2.44. The van der Waals surface area contributed by atoms with Crippen LogP contribution in [0, 0.1) is 0 Å². The molecule has 7 nitrogen and oxygen atoms in total. The Morgan fingerprint density at radius 3 is 2.38 bits per heavy atom. The number of pyridine rings is 1. The quantitative estimate of drug-likeness (QED) is 0.880. The van der Waals surface area contributed by atoms with E-state index in [2.05, 4.69) is 32.5 Å². The number of benzene rings is 1. The summed E-state index contributed by atoms with van der Waals surface area (Å²) in [6.45, 7) is 5.27. The summed E-state index contributed by atoms with van der Waals surface area (Å²) < 4.78 is 0. The highest BCUT2D eigenvalue weighted by atomic mass is 16.2. The summed E-state index contributed by atoms with van der Waals surface area (Å²) >= 11 is 0. The molecule has 0 saturated carbocycles. The van der Waals surface area contributed by atoms with Crippen LogP contribution in [0.1, 0.15) is 17.3 Å². The van der Waals surface area contributed by atoms with Gasteiger partial charge in [0, 0.05) is 50.7 Å². The number of carbonyl (C=O) groups excluding carboxylic acids is 2. The number of nitrogens with one attached hydrogen (secondary N) is 2. The van der Waals surface area contributed by atoms with Gasteiger partial charge in [0.15, 0.2) is 0 Å². The molecule has 0 bridgehead atoms. The lowest BCUT2D eigenvalue weighted by Gasteiger charge is -2.33. The standard InChI is InChI=1S/C19H23N5O2/c1-14(25)21-16-4-3-5-17(11-16)22-19(26)15-10-18(13-20-12-15)24-8-6-23(2)7-9-24/h3-5,10-13H,6-9H2,1-2H3,(H,21,25)(H,22,26). The van der Waals surface area contributed by atoms with Crippen molar-refractivity contribution in [3.63, 3.8) is 0 Å². The molecule has 3 rings (SSSR count). The van der Waals surface area contributed by atoms with Gasteiger partial charge in [-0.05, 0) is 31.3 Å². The minimum atomic E-state index is -0.228. The normalized spacial score (nSPS) is 14.8. The van der Waals surface area contributed by atoms with Crippen LogP contribution in [0.4, 0.5) is 17.1 Å². The van der Waals surface area contributed by atoms with E-state index in [1.807, 2.05) is 6.07 Å². The van der Waals surface area contributed by atoms with Gasteiger partial charge in [0.25, 0.3) is 5.91 Å². The molecule has 136 valence electrons. The zero-order valence-corrected chi connectivity index (χ0v) is 15.0. The molecule has 7 heteroatoms. The number of hydrogen-bond donors (Lipinski definition) is 2. The van der Waals surface area contributed by atoms with Crippen molar-refractivity contribution in [2.45, 2.75) is 6.92 Å². The van der Waals surface area contributed by atoms with Crippen LogP contribution in [0.5, 0.6) is 0 Å². The smallest absolute Gasteiger partial charge is 0.257 e. The van der Waals surface area contributed by atoms with E-state index in [1.54, 1.807) is 36.7 Å². The summed E-state index contributed by atoms with van der Waals surface area (Å²) in [5.41, 5.74) is 2.72. The van der Waals surface area contributed by atoms with E-state index in [0.717, 1.165) is 31.9 Å². The van der Waals surface area contributed by atoms with Gasteiger partial charge < -0.3 is 20.4 Å². The number of hydrogen-bond acceptors (Lipinski definition) is 5. The van der Waals surface area contributed by atoms with E-state index in [-0.39, 0.29) is 11.8 Å². The van der Waals surface area contributed by atoms with Gasteiger partial charge in [-0.3, -0.25) is 14.6 Å². The monoisotopic (exact) mass is 353 g/mol. The Hall–Kier alpha value is -2.93. The third-order valence-corrected chi connectivity index (χ3v) is 4.30. The molecule has 0 aliphatic carbocycles. The van der Waals surface area contributed by atoms with Gasteiger partial charge in [0.1, 0.15) is 0 Å². The molecule has 1 aromatic heterocycles. The predicted octanol–water partition coefficient (Wildman–Crippen LogP) is 2.04. The van der Waals surface area contributed by atoms with Gasteiger partial charge in [0.2, 0.25) is 5.91 Å². The van der Waals surface area contributed by atoms with Crippen LogP contribution in [0.15, 0.2) is 42.7 Å². The Morgan fingerprint density at radius 2 is 1.69 bits per heavy atom. The number of anilines is 3. The number of rotatable bonds is 4. The van der Waals surface area contributed by atoms with Crippen LogP contribution in [-0.4, -0.2) is 54.9 Å². The topological polar surface area (TPSA) is 77.6 Å². The van der Waals surface area contributed by atoms with Gasteiger partial charge in [0.05, 0.1) is 17.4 Å². The summed E-state index contributed by atoms with van der Waals surface area (Å²) in [4.78, 5) is 32.5. The minimum Gasteiger partial charge on any atom is -0.368 e. The Morgan fingerprint density at radius 1 is 1.00 bits per heavy atom. The molecule has 0 unspecified atom stereocenters. The first-order valence-electron chi connectivity index (χ1n) is 8.59. The maximum Gasteiger partial charge on any atom is 0.257 e. The molecular formula is C19H23N5O2. The average Bonchev–Trinajstić information content (AvgIpc) is 2.62. The van der Waals surface area contributed by atoms with Crippen LogP contribution in [-0.2, 0) is 4.79 Å². The predicted molar refractivity (Wildman–Crippen MR) is 103 cm³/mol. The number of amides is 2. The number of nitrogens with zero attached hydrogens (tertiary/aromatic N) is 3. The van der Waals surface area contributed by atoms with Gasteiger partial charge in [-0.25, -0.2) is 0 Å². The van der Waals surface area contributed by atoms with Crippen molar-refractivity contribution in [1.29, 1.82) is 0 Å². The molecule has 1 aromatic carbocycles. The second kappa shape index (κ2) is 7.97. The Bertz CT molecular complexity index is 800. The summed E-state index contributed by atoms with van der Waals surface area (Å²) in [6.07, 6.45) is 3.35. The molecule has 1 fully saturated rings. The molecule has 2 aromatic rings. The highest BCUT2D eigenvalue weighted by molar-refractivity contribution is 6.05. The second-order valence-electron chi connectivity index (χ2n) is 6.44. The summed E-state index contributed by atoms with van der Waals surface area (Å²) in [5, 5.41) is 5.55. The third kappa shape index (κ3) is 4.58. The zero-order chi connectivity index (χ0) is 18.5. The first kappa shape index (κ1) is 17.9. The van der Waals surface area contributed by atoms with Crippen molar-refractivity contribution in [1.82, 2.24) is 9.88 Å². The van der Waals surface area contributed by atoms with Crippen LogP contribution >= 0.6 is 0 Å². The molecule has 26 heavy (non-hydrogen) atoms. The highest BCUT2D eigenvalue weighted by Gasteiger charge is 2.16. The van der Waals surface area contributed by atoms with Gasteiger partial charge in [-0.1, -0.05) is 6.07 Å². The van der Waals surface area contributed by atoms with Crippen molar-refractivity contribution in [3.05, 3.63) is 48.3 Å². The molecule has 2 amide bonds. The lowest BCUT2D eigenvalue weighted by atomic mass is 10.2. The van der Waals surface area contributed by atoms with Crippen LogP contribution < -0.4 is 15.5 Å². The van der Waals surface area contributed by atoms with E-state index < -0.39 is 0 Å². The van der Waals surface area contributed by atoms with E-state index in [4.69, 9.17) is 0 Å². The van der Waals surface area contributed by atoms with E-state index in [9.17, 15) is 9.59 Å². The molecule has 0 spiro atoms. The minimum absolute atomic E-state index is 0.155. The fraction of sp³-hybridized carbons (Fsp3) is 0.316. The SMILES string of the molecule is CC(=O)Nc1cccc(NC(=O)c2cncc(N3CCN(C)CC3)c2)c1. The summed E-state index contributed by atoms with van der Waals surface area (Å²) in [6, 6.07) is 8.91. The van der Waals surface area contributed by atoms with Gasteiger partial charge in [-0.15, -0.1) is 0 Å². The maximum atomic E-state index is 12.6. The number of carbonyl (C=O) groups is 2. The van der Waals surface area contributed by atoms with Crippen molar-refractivity contribution < 1.29 is 9.59 Å². The fourth-order valence-corrected chi connectivity index (χ4v) is 2.87. The van der Waals surface area contributed by atoms with Crippen LogP contribution in [0.25, 0.3) is 0 Å². The molecule has 2 heterocycles. The van der Waals surface area contributed by atoms with E-state index in [1.165, 1.54) is 6.92 Å². The maximum absolute atomic E-state index is 12.6. The lowest BCUT2D eigenvalue weighted by molar-refractivity contribution is -0.114. The largest absolute Gasteiger partial charge is 0.368 e. The molecule has 0 radical (unpaired) electrons. The highest BCUT2D eigenvalue weighted by Crippen LogP contribution is 2.19. The number of piperazine rings is 1. The van der Waals surface area contributed by atoms with Crippen molar-refractivity contribution in [2.75, 3.05) is 48.8 Å². The van der Waals surface area contributed by atoms with Crippen LogP contribution in [0.3, 0.4) is 0 Å². The molecule has 1 aliphatic heterocycles. The van der Waals surface area contributed by atoms with Crippen molar-refractivity contribution >= 4 is 28.9 Å². The zero-order valence-electron chi connectivity index (χ0n) is 15.0. The molecule has 1 aliphatic rings. The van der Waals surface area contributed by atoms with Crippen LogP contribution in [0.2, 0.25) is 0 Å². The van der Waals surface area contributed by atoms with Crippen molar-refractivity contribution in [2.24, 2.45) is 0 Å². The second-order valence-corrected chi connectivity index (χ2v) is 6.44. The first-order valence-corrected chi connectivity index (χ1v) is 8.59. The van der Waals surface area contributed by atoms with E-state index in [0.29, 0.717) is 16.9 Å². The molecule has 1 saturated heterocycles. The Balaban J connectivity index is 1.70. The number of aromatic nitrogens is 1. The molecular weight excluding hydrogens is 330 g/mol. The average molecular weight is 353 g/mol. The molecule has 2 N–H and O–H groups in total. The van der Waals surface area contributed by atoms with Gasteiger partial charge in [-0.2, -0.15) is 0 Å².